The fourth-order valence-corrected chi connectivity index (χ4v) is 6.07. The number of para-hydroxylation sites is 1. The van der Waals surface area contributed by atoms with Gasteiger partial charge in [-0.2, -0.15) is 4.98 Å². The molecule has 4 aromatic heterocycles. The van der Waals surface area contributed by atoms with E-state index in [-0.39, 0.29) is 5.56 Å². The first-order valence-corrected chi connectivity index (χ1v) is 13.7. The average Bonchev–Trinajstić information content (AvgIpc) is 3.37. The quantitative estimate of drug-likeness (QED) is 0.385. The minimum atomic E-state index is -0.0737. The first-order valence-electron chi connectivity index (χ1n) is 13.7. The molecule has 2 aliphatic heterocycles. The van der Waals surface area contributed by atoms with Crippen LogP contribution in [-0.2, 0) is 7.05 Å². The summed E-state index contributed by atoms with van der Waals surface area (Å²) in [5.41, 5.74) is 3.64. The highest BCUT2D eigenvalue weighted by molar-refractivity contribution is 5.92. The minimum Gasteiger partial charge on any atom is -0.357 e. The normalized spacial score (nSPS) is 17.9. The first kappa shape index (κ1) is 24.1. The third kappa shape index (κ3) is 4.29. The molecule has 1 aromatic carbocycles. The number of benzene rings is 1. The third-order valence-corrected chi connectivity index (χ3v) is 8.40. The summed E-state index contributed by atoms with van der Waals surface area (Å²) in [6.07, 6.45) is 5.91. The smallest absolute Gasteiger partial charge is 0.275 e. The SMILES string of the molecule is CN1CCN(C2CCN(c3ccc(Nc4ncc5c(n4)n4c(cc6ccccc64)c(=O)n5C)cn3)CC2)CC1. The Hall–Kier alpha value is -4.02. The van der Waals surface area contributed by atoms with E-state index in [2.05, 4.69) is 38.1 Å². The number of nitrogens with zero attached hydrogens (tertiary/aromatic N) is 8. The lowest BCUT2D eigenvalue weighted by atomic mass is 10.0. The van der Waals surface area contributed by atoms with E-state index in [4.69, 9.17) is 9.97 Å². The van der Waals surface area contributed by atoms with Crippen LogP contribution in [0.2, 0.25) is 0 Å². The second-order valence-corrected chi connectivity index (χ2v) is 10.8. The summed E-state index contributed by atoms with van der Waals surface area (Å²) in [7, 11) is 3.97. The van der Waals surface area contributed by atoms with E-state index in [0.29, 0.717) is 28.7 Å². The van der Waals surface area contributed by atoms with E-state index < -0.39 is 0 Å². The lowest BCUT2D eigenvalue weighted by Crippen LogP contribution is -2.52. The Morgan fingerprint density at radius 2 is 1.64 bits per heavy atom. The number of aryl methyl sites for hydroxylation is 1. The molecule has 0 amide bonds. The fourth-order valence-electron chi connectivity index (χ4n) is 6.07. The van der Waals surface area contributed by atoms with Crippen LogP contribution in [0.4, 0.5) is 17.5 Å². The van der Waals surface area contributed by atoms with Gasteiger partial charge >= 0.3 is 0 Å². The van der Waals surface area contributed by atoms with Gasteiger partial charge in [0.2, 0.25) is 5.95 Å². The standard InChI is InChI=1S/C29H33N9O/c1-34-13-15-36(16-14-34)22-9-11-37(12-10-22)26-8-7-21(18-30-26)32-29-31-19-25-27(33-29)38-23-6-4-3-5-20(23)17-24(38)28(39)35(25)2/h3-8,17-19,22H,9-16H2,1-2H3,(H,31,32,33). The van der Waals surface area contributed by atoms with Crippen molar-refractivity contribution in [3.05, 3.63) is 65.2 Å². The Morgan fingerprint density at radius 3 is 2.41 bits per heavy atom. The molecule has 2 saturated heterocycles. The van der Waals surface area contributed by atoms with Crippen LogP contribution in [0.15, 0.2) is 59.7 Å². The number of hydrogen-bond donors (Lipinski definition) is 1. The number of fused-ring (bicyclic) bond motifs is 5. The molecule has 10 nitrogen and oxygen atoms in total. The van der Waals surface area contributed by atoms with Crippen LogP contribution in [-0.4, -0.2) is 86.1 Å². The van der Waals surface area contributed by atoms with Crippen molar-refractivity contribution in [2.24, 2.45) is 7.05 Å². The molecule has 39 heavy (non-hydrogen) atoms. The van der Waals surface area contributed by atoms with Gasteiger partial charge in [-0.05, 0) is 44.2 Å². The van der Waals surface area contributed by atoms with Gasteiger partial charge in [0.05, 0.1) is 23.6 Å². The van der Waals surface area contributed by atoms with Crippen molar-refractivity contribution < 1.29 is 0 Å². The molecule has 5 aromatic rings. The maximum Gasteiger partial charge on any atom is 0.275 e. The van der Waals surface area contributed by atoms with Gasteiger partial charge in [0.1, 0.15) is 16.9 Å². The first-order chi connectivity index (χ1) is 19.0. The number of piperazine rings is 1. The lowest BCUT2D eigenvalue weighted by molar-refractivity contribution is 0.0981. The van der Waals surface area contributed by atoms with Crippen molar-refractivity contribution in [2.75, 3.05) is 56.5 Å². The van der Waals surface area contributed by atoms with Crippen molar-refractivity contribution in [1.29, 1.82) is 0 Å². The van der Waals surface area contributed by atoms with Gasteiger partial charge in [-0.25, -0.2) is 9.97 Å². The molecule has 0 saturated carbocycles. The zero-order valence-electron chi connectivity index (χ0n) is 22.4. The summed E-state index contributed by atoms with van der Waals surface area (Å²) in [4.78, 5) is 34.6. The van der Waals surface area contributed by atoms with E-state index in [1.165, 1.54) is 39.0 Å². The zero-order valence-corrected chi connectivity index (χ0v) is 22.4. The molecular formula is C29H33N9O. The Bertz CT molecular complexity index is 1710. The number of rotatable bonds is 4. The molecule has 2 fully saturated rings. The van der Waals surface area contributed by atoms with Crippen LogP contribution in [0.3, 0.4) is 0 Å². The van der Waals surface area contributed by atoms with Crippen molar-refractivity contribution >= 4 is 45.0 Å². The third-order valence-electron chi connectivity index (χ3n) is 8.40. The van der Waals surface area contributed by atoms with E-state index in [1.54, 1.807) is 17.8 Å². The number of piperidine rings is 1. The van der Waals surface area contributed by atoms with Gasteiger partial charge in [0.15, 0.2) is 5.65 Å². The maximum atomic E-state index is 13.0. The lowest BCUT2D eigenvalue weighted by Gasteiger charge is -2.42. The monoisotopic (exact) mass is 523 g/mol. The molecule has 0 spiro atoms. The van der Waals surface area contributed by atoms with Crippen molar-refractivity contribution in [3.8, 4) is 0 Å². The van der Waals surface area contributed by atoms with E-state index in [9.17, 15) is 4.79 Å². The van der Waals surface area contributed by atoms with Crippen LogP contribution in [0.1, 0.15) is 12.8 Å². The van der Waals surface area contributed by atoms with E-state index in [1.807, 2.05) is 47.0 Å². The summed E-state index contributed by atoms with van der Waals surface area (Å²) in [5.74, 6) is 1.47. The molecule has 0 unspecified atom stereocenters. The molecular weight excluding hydrogens is 490 g/mol. The van der Waals surface area contributed by atoms with Crippen LogP contribution in [0.25, 0.3) is 27.6 Å². The van der Waals surface area contributed by atoms with Crippen LogP contribution in [0, 0.1) is 0 Å². The summed E-state index contributed by atoms with van der Waals surface area (Å²) < 4.78 is 3.53. The van der Waals surface area contributed by atoms with Gasteiger partial charge in [-0.15, -0.1) is 0 Å². The minimum absolute atomic E-state index is 0.0737. The van der Waals surface area contributed by atoms with Crippen LogP contribution in [0.5, 0.6) is 0 Å². The number of hydrogen-bond acceptors (Lipinski definition) is 8. The number of nitrogens with one attached hydrogen (secondary N) is 1. The summed E-state index contributed by atoms with van der Waals surface area (Å²) in [5, 5.41) is 4.31. The van der Waals surface area contributed by atoms with Gasteiger partial charge in [-0.1, -0.05) is 18.2 Å². The molecule has 0 atom stereocenters. The summed E-state index contributed by atoms with van der Waals surface area (Å²) in [6, 6.07) is 14.7. The van der Waals surface area contributed by atoms with Crippen LogP contribution < -0.4 is 15.8 Å². The Kier molecular flexibility index (Phi) is 5.93. The number of pyridine rings is 1. The van der Waals surface area contributed by atoms with Gasteiger partial charge in [0.25, 0.3) is 5.56 Å². The highest BCUT2D eigenvalue weighted by Crippen LogP contribution is 2.25. The van der Waals surface area contributed by atoms with Crippen molar-refractivity contribution in [3.63, 3.8) is 0 Å². The van der Waals surface area contributed by atoms with E-state index >= 15 is 0 Å². The summed E-state index contributed by atoms with van der Waals surface area (Å²) >= 11 is 0. The number of anilines is 3. The summed E-state index contributed by atoms with van der Waals surface area (Å²) in [6.45, 7) is 6.76. The molecule has 200 valence electrons. The Morgan fingerprint density at radius 1 is 0.846 bits per heavy atom. The molecule has 0 bridgehead atoms. The molecule has 2 aliphatic rings. The molecule has 0 radical (unpaired) electrons. The fraction of sp³-hybridized carbons (Fsp3) is 0.379. The van der Waals surface area contributed by atoms with Gasteiger partial charge in [-0.3, -0.25) is 14.1 Å². The molecule has 6 heterocycles. The Balaban J connectivity index is 1.10. The highest BCUT2D eigenvalue weighted by atomic mass is 16.1. The van der Waals surface area contributed by atoms with Crippen LogP contribution >= 0.6 is 0 Å². The second kappa shape index (κ2) is 9.62. The maximum absolute atomic E-state index is 13.0. The Labute approximate surface area is 226 Å². The molecule has 0 aliphatic carbocycles. The zero-order chi connectivity index (χ0) is 26.5. The molecule has 1 N–H and O–H groups in total. The molecule has 10 heteroatoms. The topological polar surface area (TPSA) is 86.8 Å². The van der Waals surface area contributed by atoms with E-state index in [0.717, 1.165) is 35.5 Å². The van der Waals surface area contributed by atoms with Crippen molar-refractivity contribution in [1.82, 2.24) is 33.7 Å². The average molecular weight is 524 g/mol. The predicted octanol–water partition coefficient (Wildman–Crippen LogP) is 3.09. The largest absolute Gasteiger partial charge is 0.357 e. The van der Waals surface area contributed by atoms with Gasteiger partial charge in [0, 0.05) is 57.7 Å². The highest BCUT2D eigenvalue weighted by Gasteiger charge is 2.27. The van der Waals surface area contributed by atoms with Crippen molar-refractivity contribution in [2.45, 2.75) is 18.9 Å². The second-order valence-electron chi connectivity index (χ2n) is 10.8. The van der Waals surface area contributed by atoms with Gasteiger partial charge < -0.3 is 19.7 Å². The number of likely N-dealkylation sites (N-methyl/N-ethyl adjacent to an activating group) is 1. The predicted molar refractivity (Wildman–Crippen MR) is 155 cm³/mol. The molecule has 7 rings (SSSR count). The number of aromatic nitrogens is 5.